The fourth-order valence-corrected chi connectivity index (χ4v) is 1.73. The minimum absolute atomic E-state index is 0.268. The molecule has 0 radical (unpaired) electrons. The zero-order valence-corrected chi connectivity index (χ0v) is 10.8. The van der Waals surface area contributed by atoms with Crippen LogP contribution in [0.15, 0.2) is 23.3 Å². The van der Waals surface area contributed by atoms with Gasteiger partial charge in [-0.2, -0.15) is 0 Å². The second kappa shape index (κ2) is 7.34. The maximum atomic E-state index is 10.8. The number of ether oxygens (including phenoxy) is 1. The molecule has 0 fully saturated rings. The van der Waals surface area contributed by atoms with Crippen molar-refractivity contribution in [3.8, 4) is 5.75 Å². The van der Waals surface area contributed by atoms with Crippen LogP contribution in [0.1, 0.15) is 17.2 Å². The van der Waals surface area contributed by atoms with Crippen molar-refractivity contribution >= 4 is 5.97 Å². The second-order valence-electron chi connectivity index (χ2n) is 4.07. The van der Waals surface area contributed by atoms with E-state index in [-0.39, 0.29) is 13.0 Å². The molecule has 3 N–H and O–H groups in total. The lowest BCUT2D eigenvalue weighted by atomic mass is 10.00. The van der Waals surface area contributed by atoms with Crippen LogP contribution >= 0.6 is 0 Å². The van der Waals surface area contributed by atoms with Crippen LogP contribution in [0.5, 0.6) is 5.75 Å². The third-order valence-corrected chi connectivity index (χ3v) is 2.68. The number of azide groups is 1. The van der Waals surface area contributed by atoms with Gasteiger partial charge in [-0.25, -0.2) is 0 Å². The van der Waals surface area contributed by atoms with Crippen molar-refractivity contribution in [1.82, 2.24) is 0 Å². The first kappa shape index (κ1) is 15.8. The highest BCUT2D eigenvalue weighted by atomic mass is 16.5. The predicted octanol–water partition coefficient (Wildman–Crippen LogP) is 1.03. The summed E-state index contributed by atoms with van der Waals surface area (Å²) in [5.41, 5.74) is 8.87. The maximum Gasteiger partial charge on any atom is 0.307 e. The molecule has 0 bridgehead atoms. The van der Waals surface area contributed by atoms with Crippen LogP contribution in [0.3, 0.4) is 0 Å². The van der Waals surface area contributed by atoms with Crippen molar-refractivity contribution < 1.29 is 24.9 Å². The molecule has 2 unspecified atom stereocenters. The number of carbonyl (C=O) groups is 1. The Morgan fingerprint density at radius 2 is 2.20 bits per heavy atom. The zero-order chi connectivity index (χ0) is 15.1. The van der Waals surface area contributed by atoms with Crippen LogP contribution in [0.25, 0.3) is 10.4 Å². The Balaban J connectivity index is 3.00. The number of aliphatic hydroxyl groups is 2. The van der Waals surface area contributed by atoms with E-state index in [2.05, 4.69) is 10.0 Å². The average molecular weight is 281 g/mol. The summed E-state index contributed by atoms with van der Waals surface area (Å²) in [5.74, 6) is -0.655. The van der Waals surface area contributed by atoms with Crippen molar-refractivity contribution in [2.75, 3.05) is 13.7 Å². The Kier molecular flexibility index (Phi) is 5.79. The van der Waals surface area contributed by atoms with E-state index in [4.69, 9.17) is 15.4 Å². The summed E-state index contributed by atoms with van der Waals surface area (Å²) in [4.78, 5) is 13.3. The highest BCUT2D eigenvalue weighted by molar-refractivity contribution is 5.71. The van der Waals surface area contributed by atoms with Crippen LogP contribution in [-0.2, 0) is 11.2 Å². The van der Waals surface area contributed by atoms with E-state index in [1.165, 1.54) is 25.3 Å². The van der Waals surface area contributed by atoms with Gasteiger partial charge in [0.25, 0.3) is 0 Å². The maximum absolute atomic E-state index is 10.8. The lowest BCUT2D eigenvalue weighted by Gasteiger charge is -2.18. The summed E-state index contributed by atoms with van der Waals surface area (Å²) in [7, 11) is 1.41. The van der Waals surface area contributed by atoms with Gasteiger partial charge in [0.15, 0.2) is 0 Å². The summed E-state index contributed by atoms with van der Waals surface area (Å²) in [5, 5.41) is 31.5. The summed E-state index contributed by atoms with van der Waals surface area (Å²) in [6, 6.07) is 4.46. The van der Waals surface area contributed by atoms with Gasteiger partial charge in [0.1, 0.15) is 11.9 Å². The van der Waals surface area contributed by atoms with Crippen molar-refractivity contribution in [3.63, 3.8) is 0 Å². The molecule has 1 rings (SSSR count). The first-order valence-corrected chi connectivity index (χ1v) is 5.75. The molecule has 108 valence electrons. The molecule has 2 atom stereocenters. The molecule has 0 heterocycles. The van der Waals surface area contributed by atoms with E-state index in [0.29, 0.717) is 16.9 Å². The fraction of sp³-hybridized carbons (Fsp3) is 0.417. The minimum Gasteiger partial charge on any atom is -0.496 e. The summed E-state index contributed by atoms with van der Waals surface area (Å²) < 4.78 is 5.03. The monoisotopic (exact) mass is 281 g/mol. The number of methoxy groups -OCH3 is 1. The fourth-order valence-electron chi connectivity index (χ4n) is 1.73. The smallest absolute Gasteiger partial charge is 0.307 e. The van der Waals surface area contributed by atoms with E-state index in [9.17, 15) is 15.0 Å². The molecule has 0 aliphatic rings. The molecular formula is C12H15N3O5. The van der Waals surface area contributed by atoms with Crippen LogP contribution in [0, 0.1) is 0 Å². The third kappa shape index (κ3) is 4.13. The highest BCUT2D eigenvalue weighted by Gasteiger charge is 2.19. The highest BCUT2D eigenvalue weighted by Crippen LogP contribution is 2.25. The van der Waals surface area contributed by atoms with Crippen molar-refractivity contribution in [2.45, 2.75) is 18.6 Å². The number of carboxylic acid groups (broad SMARTS) is 1. The lowest BCUT2D eigenvalue weighted by Crippen LogP contribution is -2.21. The Morgan fingerprint density at radius 3 is 2.75 bits per heavy atom. The van der Waals surface area contributed by atoms with E-state index >= 15 is 0 Å². The third-order valence-electron chi connectivity index (χ3n) is 2.68. The first-order chi connectivity index (χ1) is 9.49. The van der Waals surface area contributed by atoms with Crippen LogP contribution < -0.4 is 4.74 Å². The Hall–Kier alpha value is -2.28. The predicted molar refractivity (Wildman–Crippen MR) is 69.3 cm³/mol. The van der Waals surface area contributed by atoms with Gasteiger partial charge >= 0.3 is 5.97 Å². The molecule has 0 spiro atoms. The van der Waals surface area contributed by atoms with Crippen LogP contribution in [0.4, 0.5) is 0 Å². The average Bonchev–Trinajstić information content (AvgIpc) is 2.43. The van der Waals surface area contributed by atoms with Gasteiger partial charge < -0.3 is 20.1 Å². The Bertz CT molecular complexity index is 528. The molecule has 0 aromatic heterocycles. The van der Waals surface area contributed by atoms with Gasteiger partial charge in [-0.15, -0.1) is 0 Å². The molecule has 8 nitrogen and oxygen atoms in total. The number of hydrogen-bond donors (Lipinski definition) is 3. The Labute approximate surface area is 114 Å². The number of benzene rings is 1. The van der Waals surface area contributed by atoms with E-state index in [1.807, 2.05) is 0 Å². The van der Waals surface area contributed by atoms with Crippen molar-refractivity contribution in [3.05, 3.63) is 39.8 Å². The largest absolute Gasteiger partial charge is 0.496 e. The molecular weight excluding hydrogens is 266 g/mol. The summed E-state index contributed by atoms with van der Waals surface area (Å²) >= 11 is 0. The van der Waals surface area contributed by atoms with Gasteiger partial charge in [-0.3, -0.25) is 4.79 Å². The molecule has 0 aliphatic carbocycles. The van der Waals surface area contributed by atoms with E-state index in [0.717, 1.165) is 0 Å². The topological polar surface area (TPSA) is 136 Å². The van der Waals surface area contributed by atoms with E-state index < -0.39 is 18.2 Å². The molecule has 20 heavy (non-hydrogen) atoms. The first-order valence-electron chi connectivity index (χ1n) is 5.75. The molecule has 1 aromatic rings. The van der Waals surface area contributed by atoms with E-state index in [1.54, 1.807) is 0 Å². The standard InChI is InChI=1S/C12H15N3O5/c1-20-10-3-2-7(4-8(10)5-11(17)18)12(19)9(16)6-14-15-13/h2-4,9,12,16,19H,5-6H2,1H3,(H,17,18). The van der Waals surface area contributed by atoms with Gasteiger partial charge in [0.2, 0.25) is 0 Å². The number of aliphatic hydroxyl groups excluding tert-OH is 2. The summed E-state index contributed by atoms with van der Waals surface area (Å²) in [6.45, 7) is -0.280. The number of rotatable bonds is 7. The molecule has 1 aromatic carbocycles. The molecule has 0 amide bonds. The van der Waals surface area contributed by atoms with Crippen molar-refractivity contribution in [1.29, 1.82) is 0 Å². The van der Waals surface area contributed by atoms with Crippen LogP contribution in [-0.4, -0.2) is 41.0 Å². The molecule has 8 heteroatoms. The van der Waals surface area contributed by atoms with Gasteiger partial charge in [-0.05, 0) is 23.2 Å². The van der Waals surface area contributed by atoms with Gasteiger partial charge in [0.05, 0.1) is 26.2 Å². The molecule has 0 saturated heterocycles. The zero-order valence-electron chi connectivity index (χ0n) is 10.8. The van der Waals surface area contributed by atoms with Crippen LogP contribution in [0.2, 0.25) is 0 Å². The van der Waals surface area contributed by atoms with Gasteiger partial charge in [-0.1, -0.05) is 11.2 Å². The number of aliphatic carboxylic acids is 1. The number of nitrogens with zero attached hydrogens (tertiary/aromatic N) is 3. The molecule has 0 aliphatic heterocycles. The second-order valence-corrected chi connectivity index (χ2v) is 4.07. The minimum atomic E-state index is -1.28. The quantitative estimate of drug-likeness (QED) is 0.389. The summed E-state index contributed by atoms with van der Waals surface area (Å²) in [6.07, 6.45) is -2.81. The Morgan fingerprint density at radius 1 is 1.50 bits per heavy atom. The van der Waals surface area contributed by atoms with Gasteiger partial charge in [0, 0.05) is 10.5 Å². The molecule has 0 saturated carbocycles. The lowest BCUT2D eigenvalue weighted by molar-refractivity contribution is -0.136. The van der Waals surface area contributed by atoms with Crippen molar-refractivity contribution in [2.24, 2.45) is 5.11 Å². The normalized spacial score (nSPS) is 13.2. The SMILES string of the molecule is COc1ccc(C(O)C(O)CN=[N+]=[N-])cc1CC(=O)O. The number of hydrogen-bond acceptors (Lipinski definition) is 5. The number of carboxylic acids is 1.